The van der Waals surface area contributed by atoms with E-state index in [1.807, 2.05) is 38.1 Å². The Kier molecular flexibility index (Phi) is 9.23. The van der Waals surface area contributed by atoms with Crippen molar-refractivity contribution in [1.82, 2.24) is 10.6 Å². The molecule has 0 saturated heterocycles. The fourth-order valence-corrected chi connectivity index (χ4v) is 3.11. The molecule has 1 aromatic rings. The van der Waals surface area contributed by atoms with Crippen LogP contribution in [0.25, 0.3) is 0 Å². The maximum Gasteiger partial charge on any atom is 0.321 e. The Morgan fingerprint density at radius 2 is 1.89 bits per heavy atom. The first-order valence-corrected chi connectivity index (χ1v) is 10.1. The molecule has 2 rings (SSSR count). The first kappa shape index (κ1) is 22.2. The van der Waals surface area contributed by atoms with Crippen LogP contribution in [0.15, 0.2) is 24.3 Å². The number of nitrogens with one attached hydrogen (secondary N) is 3. The Morgan fingerprint density at radius 3 is 2.61 bits per heavy atom. The summed E-state index contributed by atoms with van der Waals surface area (Å²) in [5.41, 5.74) is 1.81. The van der Waals surface area contributed by atoms with Crippen molar-refractivity contribution in [2.75, 3.05) is 18.5 Å². The number of carbonyl (C=O) groups is 2. The third-order valence-electron chi connectivity index (χ3n) is 4.58. The van der Waals surface area contributed by atoms with Crippen molar-refractivity contribution >= 4 is 17.6 Å². The molecule has 1 saturated carbocycles. The minimum absolute atomic E-state index is 0.179. The minimum atomic E-state index is -0.537. The largest absolute Gasteiger partial charge is 0.376 e. The van der Waals surface area contributed by atoms with Gasteiger partial charge in [0.1, 0.15) is 6.04 Å². The third-order valence-corrected chi connectivity index (χ3v) is 4.58. The molecule has 1 atom stereocenters. The Balaban J connectivity index is 1.73. The molecule has 1 aliphatic rings. The summed E-state index contributed by atoms with van der Waals surface area (Å²) < 4.78 is 11.0. The van der Waals surface area contributed by atoms with Gasteiger partial charge in [-0.25, -0.2) is 4.79 Å². The lowest BCUT2D eigenvalue weighted by Gasteiger charge is -2.17. The van der Waals surface area contributed by atoms with Crippen LogP contribution in [0.4, 0.5) is 10.5 Å². The monoisotopic (exact) mass is 391 g/mol. The van der Waals surface area contributed by atoms with E-state index in [0.717, 1.165) is 36.9 Å². The zero-order valence-corrected chi connectivity index (χ0v) is 17.1. The molecule has 0 spiro atoms. The molecule has 156 valence electrons. The average molecular weight is 392 g/mol. The van der Waals surface area contributed by atoms with Crippen molar-refractivity contribution < 1.29 is 19.1 Å². The second-order valence-electron chi connectivity index (χ2n) is 7.48. The van der Waals surface area contributed by atoms with Gasteiger partial charge in [-0.05, 0) is 51.3 Å². The summed E-state index contributed by atoms with van der Waals surface area (Å²) in [5.74, 6) is -0.358. The first-order valence-electron chi connectivity index (χ1n) is 10.1. The molecule has 0 radical (unpaired) electrons. The quantitative estimate of drug-likeness (QED) is 0.533. The summed E-state index contributed by atoms with van der Waals surface area (Å²) in [6, 6.07) is 6.91. The van der Waals surface area contributed by atoms with Gasteiger partial charge in [-0.15, -0.1) is 0 Å². The Labute approximate surface area is 167 Å². The zero-order chi connectivity index (χ0) is 20.4. The standard InChI is InChI=1S/C21H33N3O4/c1-15(2)28-12-11-27-14-17-7-6-10-19(13-17)22-16(3)20(25)24-21(26)23-18-8-4-5-9-18/h6-7,10,13,15-16,18,22H,4-5,8-9,11-12,14H2,1-3H3,(H2,23,24,25,26). The van der Waals surface area contributed by atoms with Crippen LogP contribution < -0.4 is 16.0 Å². The van der Waals surface area contributed by atoms with Gasteiger partial charge >= 0.3 is 6.03 Å². The number of imide groups is 1. The van der Waals surface area contributed by atoms with Crippen molar-refractivity contribution in [3.8, 4) is 0 Å². The molecule has 7 nitrogen and oxygen atoms in total. The second kappa shape index (κ2) is 11.7. The normalized spacial score (nSPS) is 15.4. The van der Waals surface area contributed by atoms with Crippen molar-refractivity contribution in [1.29, 1.82) is 0 Å². The molecule has 1 unspecified atom stereocenters. The number of amides is 3. The summed E-state index contributed by atoms with van der Waals surface area (Å²) in [5, 5.41) is 8.39. The van der Waals surface area contributed by atoms with Gasteiger partial charge < -0.3 is 20.1 Å². The van der Waals surface area contributed by atoms with Gasteiger partial charge in [0.05, 0.1) is 25.9 Å². The molecular formula is C21H33N3O4. The predicted molar refractivity (Wildman–Crippen MR) is 109 cm³/mol. The lowest BCUT2D eigenvalue weighted by Crippen LogP contribution is -2.48. The van der Waals surface area contributed by atoms with Crippen LogP contribution in [0.1, 0.15) is 52.0 Å². The van der Waals surface area contributed by atoms with E-state index < -0.39 is 12.1 Å². The molecule has 7 heteroatoms. The molecule has 28 heavy (non-hydrogen) atoms. The highest BCUT2D eigenvalue weighted by Crippen LogP contribution is 2.17. The van der Waals surface area contributed by atoms with E-state index in [2.05, 4.69) is 16.0 Å². The van der Waals surface area contributed by atoms with Crippen molar-refractivity contribution in [2.45, 2.75) is 71.2 Å². The highest BCUT2D eigenvalue weighted by molar-refractivity contribution is 5.98. The number of urea groups is 1. The number of rotatable bonds is 10. The van der Waals surface area contributed by atoms with Crippen LogP contribution in [0.3, 0.4) is 0 Å². The summed E-state index contributed by atoms with van der Waals surface area (Å²) in [6.07, 6.45) is 4.41. The SMILES string of the molecule is CC(C)OCCOCc1cccc(NC(C)C(=O)NC(=O)NC2CCCC2)c1. The van der Waals surface area contributed by atoms with E-state index >= 15 is 0 Å². The van der Waals surface area contributed by atoms with Crippen molar-refractivity contribution in [2.24, 2.45) is 0 Å². The third kappa shape index (κ3) is 8.27. The molecule has 3 N–H and O–H groups in total. The Bertz CT molecular complexity index is 630. The number of ether oxygens (including phenoxy) is 2. The van der Waals surface area contributed by atoms with Gasteiger partial charge in [0.25, 0.3) is 0 Å². The van der Waals surface area contributed by atoms with Crippen LogP contribution in [-0.4, -0.2) is 43.3 Å². The van der Waals surface area contributed by atoms with E-state index in [-0.39, 0.29) is 18.1 Å². The molecule has 0 aliphatic heterocycles. The first-order chi connectivity index (χ1) is 13.4. The molecular weight excluding hydrogens is 358 g/mol. The predicted octanol–water partition coefficient (Wildman–Crippen LogP) is 3.20. The fraction of sp³-hybridized carbons (Fsp3) is 0.619. The number of benzene rings is 1. The number of hydrogen-bond donors (Lipinski definition) is 3. The van der Waals surface area contributed by atoms with E-state index in [0.29, 0.717) is 19.8 Å². The van der Waals surface area contributed by atoms with E-state index in [4.69, 9.17) is 9.47 Å². The average Bonchev–Trinajstić information content (AvgIpc) is 3.14. The number of anilines is 1. The molecule has 1 aromatic carbocycles. The highest BCUT2D eigenvalue weighted by atomic mass is 16.5. The number of carbonyl (C=O) groups excluding carboxylic acids is 2. The zero-order valence-electron chi connectivity index (χ0n) is 17.1. The smallest absolute Gasteiger partial charge is 0.321 e. The van der Waals surface area contributed by atoms with Gasteiger partial charge in [0.15, 0.2) is 0 Å². The van der Waals surface area contributed by atoms with Gasteiger partial charge in [0, 0.05) is 11.7 Å². The second-order valence-corrected chi connectivity index (χ2v) is 7.48. The molecule has 0 aromatic heterocycles. The fourth-order valence-electron chi connectivity index (χ4n) is 3.11. The molecule has 0 heterocycles. The van der Waals surface area contributed by atoms with Crippen LogP contribution in [0.2, 0.25) is 0 Å². The summed E-state index contributed by atoms with van der Waals surface area (Å²) in [7, 11) is 0. The maximum atomic E-state index is 12.2. The van der Waals surface area contributed by atoms with Crippen LogP contribution >= 0.6 is 0 Å². The highest BCUT2D eigenvalue weighted by Gasteiger charge is 2.20. The van der Waals surface area contributed by atoms with Gasteiger partial charge in [-0.1, -0.05) is 25.0 Å². The molecule has 1 aliphatic carbocycles. The molecule has 3 amide bonds. The lowest BCUT2D eigenvalue weighted by atomic mass is 10.2. The molecule has 0 bridgehead atoms. The summed E-state index contributed by atoms with van der Waals surface area (Å²) in [4.78, 5) is 24.2. The topological polar surface area (TPSA) is 88.7 Å². The minimum Gasteiger partial charge on any atom is -0.376 e. The van der Waals surface area contributed by atoms with E-state index in [9.17, 15) is 9.59 Å². The van der Waals surface area contributed by atoms with Gasteiger partial charge in [-0.2, -0.15) is 0 Å². The molecule has 1 fully saturated rings. The van der Waals surface area contributed by atoms with Crippen molar-refractivity contribution in [3.05, 3.63) is 29.8 Å². The van der Waals surface area contributed by atoms with Crippen molar-refractivity contribution in [3.63, 3.8) is 0 Å². The van der Waals surface area contributed by atoms with Crippen LogP contribution in [-0.2, 0) is 20.9 Å². The summed E-state index contributed by atoms with van der Waals surface area (Å²) >= 11 is 0. The van der Waals surface area contributed by atoms with Crippen LogP contribution in [0.5, 0.6) is 0 Å². The van der Waals surface area contributed by atoms with Gasteiger partial charge in [-0.3, -0.25) is 10.1 Å². The Morgan fingerprint density at radius 1 is 1.14 bits per heavy atom. The number of hydrogen-bond acceptors (Lipinski definition) is 5. The Hall–Kier alpha value is -2.12. The van der Waals surface area contributed by atoms with E-state index in [1.165, 1.54) is 0 Å². The lowest BCUT2D eigenvalue weighted by molar-refractivity contribution is -0.120. The maximum absolute atomic E-state index is 12.2. The van der Waals surface area contributed by atoms with E-state index in [1.54, 1.807) is 6.92 Å². The summed E-state index contributed by atoms with van der Waals surface area (Å²) in [6.45, 7) is 7.28. The van der Waals surface area contributed by atoms with Gasteiger partial charge in [0.2, 0.25) is 5.91 Å². The van der Waals surface area contributed by atoms with Crippen LogP contribution in [0, 0.1) is 0 Å².